The van der Waals surface area contributed by atoms with Gasteiger partial charge in [-0.2, -0.15) is 0 Å². The van der Waals surface area contributed by atoms with E-state index in [4.69, 9.17) is 29.9 Å². The van der Waals surface area contributed by atoms with Gasteiger partial charge in [-0.1, -0.05) is 346 Å². The molecule has 0 unspecified atom stereocenters. The number of fused-ring (bicyclic) bond motifs is 38. The minimum absolute atomic E-state index is 0.958. The summed E-state index contributed by atoms with van der Waals surface area (Å²) in [5.41, 5.74) is 31.8. The fourth-order valence-electron chi connectivity index (χ4n) is 22.0. The Hall–Kier alpha value is -18.4. The Morgan fingerprint density at radius 3 is 1.05 bits per heavy atom. The minimum atomic E-state index is 0.958. The Morgan fingerprint density at radius 2 is 0.489 bits per heavy atom. The maximum absolute atomic E-state index is 5.36. The molecule has 0 radical (unpaired) electrons. The molecule has 0 aliphatic heterocycles. The van der Waals surface area contributed by atoms with Crippen molar-refractivity contribution in [2.75, 3.05) is 0 Å². The molecule has 0 N–H and O–H groups in total. The van der Waals surface area contributed by atoms with Crippen LogP contribution in [0.5, 0.6) is 0 Å². The molecule has 0 saturated heterocycles. The van der Waals surface area contributed by atoms with Crippen LogP contribution in [-0.4, -0.2) is 43.1 Å². The molecule has 9 nitrogen and oxygen atoms in total. The number of aromatic nitrogens is 9. The largest absolute Gasteiger partial charge is 0.290 e. The van der Waals surface area contributed by atoms with E-state index in [2.05, 4.69) is 450 Å². The van der Waals surface area contributed by atoms with Crippen molar-refractivity contribution in [3.8, 4) is 78.0 Å². The SMILES string of the molecule is c1ccc(-c2ccc(-c3cc4c5nc(-c6ccccc6)ccc5n5c6ccccc6nc5c4c4ccccc34)cc2)cc1.c1ccc2c(c1)nc1c3c4cccc(-c5ccc(-c6ccc7c8ccccc8c8ccccc8c7c6)cc5)c4ccc3c3ncccc3n21.c1ccc2cc(-c3ccc4cc(-c5cc6c7ncccc7n7c8ccccc8nc7c6c6ccccc56)ccc4c3)ccc2c1. The number of nitrogens with zero attached hydrogens (tertiary/aromatic N) is 9. The van der Waals surface area contributed by atoms with Crippen LogP contribution < -0.4 is 0 Å². The fourth-order valence-corrected chi connectivity index (χ4v) is 22.0. The predicted octanol–water partition coefficient (Wildman–Crippen LogP) is 33.5. The van der Waals surface area contributed by atoms with Gasteiger partial charge in [0, 0.05) is 50.3 Å². The summed E-state index contributed by atoms with van der Waals surface area (Å²) >= 11 is 0. The van der Waals surface area contributed by atoms with Crippen molar-refractivity contribution in [3.63, 3.8) is 0 Å². The number of rotatable bonds is 7. The third-order valence-electron chi connectivity index (χ3n) is 28.3. The molecular weight excluding hydrogens is 1660 g/mol. The molecule has 9 heterocycles. The van der Waals surface area contributed by atoms with E-state index >= 15 is 0 Å². The summed E-state index contributed by atoms with van der Waals surface area (Å²) in [6.07, 6.45) is 3.78. The maximum Gasteiger partial charge on any atom is 0.147 e. The molecule has 634 valence electrons. The summed E-state index contributed by atoms with van der Waals surface area (Å²) in [7, 11) is 0. The molecule has 0 aliphatic rings. The van der Waals surface area contributed by atoms with Crippen LogP contribution in [0.2, 0.25) is 0 Å². The van der Waals surface area contributed by atoms with Gasteiger partial charge in [0.05, 0.1) is 71.9 Å². The predicted molar refractivity (Wildman–Crippen MR) is 575 cm³/mol. The molecule has 30 rings (SSSR count). The van der Waals surface area contributed by atoms with Crippen LogP contribution in [0.15, 0.2) is 467 Å². The van der Waals surface area contributed by atoms with Gasteiger partial charge in [-0.3, -0.25) is 23.2 Å². The second kappa shape index (κ2) is 31.1. The first-order chi connectivity index (χ1) is 67.9. The molecular formula is C128H77N9. The summed E-state index contributed by atoms with van der Waals surface area (Å²) in [4.78, 5) is 30.7. The lowest BCUT2D eigenvalue weighted by atomic mass is 9.91. The maximum atomic E-state index is 5.36. The Morgan fingerprint density at radius 1 is 0.153 bits per heavy atom. The molecule has 30 aromatic rings. The highest BCUT2D eigenvalue weighted by Crippen LogP contribution is 2.48. The van der Waals surface area contributed by atoms with E-state index in [9.17, 15) is 0 Å². The third kappa shape index (κ3) is 12.4. The highest BCUT2D eigenvalue weighted by atomic mass is 15.0. The van der Waals surface area contributed by atoms with Gasteiger partial charge in [-0.15, -0.1) is 0 Å². The Labute approximate surface area is 784 Å². The summed E-state index contributed by atoms with van der Waals surface area (Å²) in [6, 6.07) is 163. The minimum Gasteiger partial charge on any atom is -0.290 e. The van der Waals surface area contributed by atoms with Crippen molar-refractivity contribution in [1.29, 1.82) is 0 Å². The third-order valence-corrected chi connectivity index (χ3v) is 28.3. The van der Waals surface area contributed by atoms with Crippen LogP contribution >= 0.6 is 0 Å². The number of hydrogen-bond acceptors (Lipinski definition) is 6. The van der Waals surface area contributed by atoms with Crippen molar-refractivity contribution < 1.29 is 0 Å². The van der Waals surface area contributed by atoms with Crippen LogP contribution in [0.4, 0.5) is 0 Å². The van der Waals surface area contributed by atoms with Gasteiger partial charge in [0.25, 0.3) is 0 Å². The van der Waals surface area contributed by atoms with E-state index in [0.717, 1.165) is 127 Å². The van der Waals surface area contributed by atoms with Crippen molar-refractivity contribution in [3.05, 3.63) is 467 Å². The number of pyridine rings is 6. The van der Waals surface area contributed by atoms with Crippen molar-refractivity contribution >= 4 is 202 Å². The first kappa shape index (κ1) is 77.3. The first-order valence-electron chi connectivity index (χ1n) is 46.7. The van der Waals surface area contributed by atoms with E-state index in [-0.39, 0.29) is 0 Å². The highest BCUT2D eigenvalue weighted by molar-refractivity contribution is 6.30. The number of para-hydroxylation sites is 6. The highest BCUT2D eigenvalue weighted by Gasteiger charge is 2.25. The molecule has 0 aliphatic carbocycles. The summed E-state index contributed by atoms with van der Waals surface area (Å²) in [5, 5.41) is 26.6. The lowest BCUT2D eigenvalue weighted by Gasteiger charge is -2.15. The monoisotopic (exact) mass is 1740 g/mol. The van der Waals surface area contributed by atoms with Gasteiger partial charge in [0.15, 0.2) is 0 Å². The van der Waals surface area contributed by atoms with E-state index < -0.39 is 0 Å². The molecule has 0 bridgehead atoms. The van der Waals surface area contributed by atoms with Gasteiger partial charge in [-0.25, -0.2) is 19.9 Å². The molecule has 0 fully saturated rings. The molecule has 0 amide bonds. The lowest BCUT2D eigenvalue weighted by molar-refractivity contribution is 1.29. The van der Waals surface area contributed by atoms with E-state index in [1.807, 2.05) is 30.6 Å². The summed E-state index contributed by atoms with van der Waals surface area (Å²) in [5.74, 6) is 0. The van der Waals surface area contributed by atoms with E-state index in [1.54, 1.807) is 0 Å². The second-order valence-corrected chi connectivity index (χ2v) is 35.8. The second-order valence-electron chi connectivity index (χ2n) is 35.8. The number of hydrogen-bond donors (Lipinski definition) is 0. The molecule has 9 aromatic heterocycles. The molecule has 0 spiro atoms. The Balaban J connectivity index is 0.000000102. The normalized spacial score (nSPS) is 11.9. The van der Waals surface area contributed by atoms with Gasteiger partial charge in [-0.05, 0) is 262 Å². The van der Waals surface area contributed by atoms with E-state index in [0.29, 0.717) is 0 Å². The van der Waals surface area contributed by atoms with Crippen LogP contribution in [-0.2, 0) is 0 Å². The van der Waals surface area contributed by atoms with Gasteiger partial charge in [0.2, 0.25) is 0 Å². The number of benzene rings is 21. The quantitative estimate of drug-likeness (QED) is 0.148. The Bertz CT molecular complexity index is 10300. The molecule has 137 heavy (non-hydrogen) atoms. The zero-order chi connectivity index (χ0) is 89.9. The smallest absolute Gasteiger partial charge is 0.147 e. The average Bonchev–Trinajstić information content (AvgIpc) is 1.62. The molecule has 9 heteroatoms. The lowest BCUT2D eigenvalue weighted by Crippen LogP contribution is -1.96. The van der Waals surface area contributed by atoms with E-state index in [1.165, 1.54) is 153 Å². The van der Waals surface area contributed by atoms with Crippen molar-refractivity contribution in [2.24, 2.45) is 0 Å². The fraction of sp³-hybridized carbons (Fsp3) is 0. The molecule has 21 aromatic carbocycles. The van der Waals surface area contributed by atoms with Crippen molar-refractivity contribution in [2.45, 2.75) is 0 Å². The van der Waals surface area contributed by atoms with Gasteiger partial charge in [0.1, 0.15) is 16.9 Å². The first-order valence-corrected chi connectivity index (χ1v) is 46.7. The zero-order valence-electron chi connectivity index (χ0n) is 74.0. The van der Waals surface area contributed by atoms with Crippen LogP contribution in [0.3, 0.4) is 0 Å². The van der Waals surface area contributed by atoms with Crippen LogP contribution in [0.25, 0.3) is 280 Å². The molecule has 0 atom stereocenters. The van der Waals surface area contributed by atoms with Gasteiger partial charge < -0.3 is 0 Å². The Kier molecular flexibility index (Phi) is 17.6. The topological polar surface area (TPSA) is 90.6 Å². The number of imidazole rings is 3. The summed E-state index contributed by atoms with van der Waals surface area (Å²) in [6.45, 7) is 0. The van der Waals surface area contributed by atoms with Gasteiger partial charge >= 0.3 is 0 Å². The molecule has 0 saturated carbocycles. The summed E-state index contributed by atoms with van der Waals surface area (Å²) < 4.78 is 6.83. The van der Waals surface area contributed by atoms with Crippen molar-refractivity contribution in [1.82, 2.24) is 43.1 Å². The zero-order valence-corrected chi connectivity index (χ0v) is 74.0. The standard InChI is InChI=1S/C46H27N3.C42H25N3.C40H25N3/c1-2-11-34-32(9-1)33-10-3-4-12-35(33)40-27-30(22-23-37(34)40)28-18-20-29(21-19-28)31-13-7-14-38-36(31)24-25-39-44(38)46-48-41-15-5-6-16-42(41)49(46)43-17-8-26-47-45(39)43;1-2-9-27-22-28(16-15-26(27)8-1)29-17-18-31-24-32(20-19-30(31)23-29)35-25-36-40(34-11-4-3-10-33(34)35)42-44-37-12-5-6-13-38(37)45(42)39-14-7-21-43-41(36)39;1-3-11-26(12-4-1)27-19-21-28(22-20-27)32-25-33-38(31-16-8-7-15-30(31)32)40-42-35-17-9-10-18-36(35)43(40)37-24-23-34(41-39(33)37)29-13-5-2-6-14-29/h1-27H;1-25H;1-25H. The van der Waals surface area contributed by atoms with Crippen LogP contribution in [0.1, 0.15) is 0 Å². The van der Waals surface area contributed by atoms with Crippen LogP contribution in [0, 0.1) is 0 Å². The average molecular weight is 1740 g/mol.